The van der Waals surface area contributed by atoms with Gasteiger partial charge in [-0.1, -0.05) is 54.6 Å². The van der Waals surface area contributed by atoms with Crippen LogP contribution in [-0.4, -0.2) is 43.4 Å². The third kappa shape index (κ3) is 4.57. The number of hydrogen-bond acceptors (Lipinski definition) is 3. The van der Waals surface area contributed by atoms with Crippen LogP contribution in [0.1, 0.15) is 0 Å². The summed E-state index contributed by atoms with van der Waals surface area (Å²) < 4.78 is 0. The maximum absolute atomic E-state index is 12.7. The molecule has 1 aliphatic rings. The number of para-hydroxylation sites is 1. The molecular formula is C24H25N3OS. The van der Waals surface area contributed by atoms with Crippen LogP contribution in [0, 0.1) is 0 Å². The summed E-state index contributed by atoms with van der Waals surface area (Å²) in [4.78, 5) is 18.2. The van der Waals surface area contributed by atoms with Crippen LogP contribution in [0.2, 0.25) is 0 Å². The summed E-state index contributed by atoms with van der Waals surface area (Å²) >= 11 is 1.76. The van der Waals surface area contributed by atoms with Crippen molar-refractivity contribution in [3.63, 3.8) is 0 Å². The molecule has 1 saturated heterocycles. The van der Waals surface area contributed by atoms with Crippen LogP contribution >= 0.6 is 11.8 Å². The Morgan fingerprint density at radius 2 is 1.41 bits per heavy atom. The lowest BCUT2D eigenvalue weighted by molar-refractivity contribution is 0.208. The zero-order valence-electron chi connectivity index (χ0n) is 16.5. The first-order valence-electron chi connectivity index (χ1n) is 9.84. The van der Waals surface area contributed by atoms with Gasteiger partial charge in [-0.05, 0) is 41.6 Å². The van der Waals surface area contributed by atoms with Crippen LogP contribution in [0.5, 0.6) is 0 Å². The van der Waals surface area contributed by atoms with Crippen molar-refractivity contribution in [1.82, 2.24) is 4.90 Å². The van der Waals surface area contributed by atoms with Gasteiger partial charge in [0.2, 0.25) is 0 Å². The molecule has 1 heterocycles. The number of benzene rings is 3. The van der Waals surface area contributed by atoms with E-state index < -0.39 is 0 Å². The molecule has 1 fully saturated rings. The monoisotopic (exact) mass is 403 g/mol. The van der Waals surface area contributed by atoms with Crippen LogP contribution in [0.4, 0.5) is 16.2 Å². The Hall–Kier alpha value is -2.92. The molecule has 0 radical (unpaired) electrons. The van der Waals surface area contributed by atoms with Crippen LogP contribution in [0.25, 0.3) is 11.1 Å². The molecular weight excluding hydrogens is 378 g/mol. The van der Waals surface area contributed by atoms with Gasteiger partial charge in [-0.15, -0.1) is 11.8 Å². The molecule has 4 rings (SSSR count). The molecule has 0 saturated carbocycles. The van der Waals surface area contributed by atoms with Gasteiger partial charge in [0.05, 0.1) is 5.69 Å². The van der Waals surface area contributed by atoms with Gasteiger partial charge >= 0.3 is 6.03 Å². The molecule has 29 heavy (non-hydrogen) atoms. The van der Waals surface area contributed by atoms with E-state index >= 15 is 0 Å². The van der Waals surface area contributed by atoms with Gasteiger partial charge in [-0.3, -0.25) is 0 Å². The zero-order valence-corrected chi connectivity index (χ0v) is 17.4. The van der Waals surface area contributed by atoms with Gasteiger partial charge in [0.15, 0.2) is 0 Å². The number of urea groups is 1. The highest BCUT2D eigenvalue weighted by Crippen LogP contribution is 2.29. The van der Waals surface area contributed by atoms with Gasteiger partial charge < -0.3 is 15.1 Å². The highest BCUT2D eigenvalue weighted by molar-refractivity contribution is 7.98. The molecule has 4 nitrogen and oxygen atoms in total. The smallest absolute Gasteiger partial charge is 0.321 e. The predicted molar refractivity (Wildman–Crippen MR) is 123 cm³/mol. The molecule has 2 amide bonds. The minimum Gasteiger partial charge on any atom is -0.367 e. The van der Waals surface area contributed by atoms with Crippen molar-refractivity contribution in [2.75, 3.05) is 42.7 Å². The highest BCUT2D eigenvalue weighted by atomic mass is 32.2. The van der Waals surface area contributed by atoms with E-state index in [1.165, 1.54) is 16.1 Å². The summed E-state index contributed by atoms with van der Waals surface area (Å²) in [6, 6.07) is 26.7. The lowest BCUT2D eigenvalue weighted by Gasteiger charge is -2.36. The molecule has 3 aromatic rings. The fraction of sp³-hybridized carbons (Fsp3) is 0.208. The molecule has 0 atom stereocenters. The number of carbonyl (C=O) groups excluding carboxylic acids is 1. The number of rotatable bonds is 4. The number of amides is 2. The van der Waals surface area contributed by atoms with E-state index in [0.717, 1.165) is 37.4 Å². The molecule has 5 heteroatoms. The quantitative estimate of drug-likeness (QED) is 0.590. The van der Waals surface area contributed by atoms with Crippen LogP contribution in [-0.2, 0) is 0 Å². The van der Waals surface area contributed by atoms with Crippen LogP contribution in [0.3, 0.4) is 0 Å². The summed E-state index contributed by atoms with van der Waals surface area (Å²) in [5, 5.41) is 3.03. The van der Waals surface area contributed by atoms with Crippen molar-refractivity contribution >= 4 is 29.2 Å². The van der Waals surface area contributed by atoms with Gasteiger partial charge in [0.25, 0.3) is 0 Å². The van der Waals surface area contributed by atoms with E-state index in [9.17, 15) is 4.79 Å². The van der Waals surface area contributed by atoms with Crippen LogP contribution < -0.4 is 10.2 Å². The molecule has 1 N–H and O–H groups in total. The Kier molecular flexibility index (Phi) is 6.06. The maximum Gasteiger partial charge on any atom is 0.321 e. The van der Waals surface area contributed by atoms with Crippen molar-refractivity contribution in [2.24, 2.45) is 0 Å². The van der Waals surface area contributed by atoms with E-state index in [1.54, 1.807) is 11.8 Å². The topological polar surface area (TPSA) is 35.6 Å². The van der Waals surface area contributed by atoms with Crippen molar-refractivity contribution in [3.05, 3.63) is 78.9 Å². The number of piperazine rings is 1. The Morgan fingerprint density at radius 3 is 2.10 bits per heavy atom. The number of thioether (sulfide) groups is 1. The van der Waals surface area contributed by atoms with E-state index in [-0.39, 0.29) is 6.03 Å². The Labute approximate surface area is 176 Å². The minimum atomic E-state index is -0.0322. The number of hydrogen-bond donors (Lipinski definition) is 1. The average molecular weight is 404 g/mol. The van der Waals surface area contributed by atoms with Gasteiger partial charge in [0, 0.05) is 36.8 Å². The standard InChI is InChI=1S/C24H25N3OS/c1-29-23-10-6-5-9-22(23)26-15-17-27(18-16-26)24(28)25-21-13-11-20(12-14-21)19-7-3-2-4-8-19/h2-14H,15-18H2,1H3,(H,25,28). The average Bonchev–Trinajstić information content (AvgIpc) is 2.80. The van der Waals surface area contributed by atoms with Gasteiger partial charge in [0.1, 0.15) is 0 Å². The predicted octanol–water partition coefficient (Wildman–Crippen LogP) is 5.43. The molecule has 0 spiro atoms. The van der Waals surface area contributed by atoms with E-state index in [2.05, 4.69) is 52.9 Å². The Bertz CT molecular complexity index is 951. The largest absolute Gasteiger partial charge is 0.367 e. The summed E-state index contributed by atoms with van der Waals surface area (Å²) in [7, 11) is 0. The van der Waals surface area contributed by atoms with Gasteiger partial charge in [-0.2, -0.15) is 0 Å². The molecule has 0 unspecified atom stereocenters. The molecule has 148 valence electrons. The van der Waals surface area contributed by atoms with Crippen molar-refractivity contribution in [3.8, 4) is 11.1 Å². The van der Waals surface area contributed by atoms with Crippen molar-refractivity contribution < 1.29 is 4.79 Å². The maximum atomic E-state index is 12.7. The Balaban J connectivity index is 1.34. The summed E-state index contributed by atoms with van der Waals surface area (Å²) in [5.74, 6) is 0. The number of nitrogens with zero attached hydrogens (tertiary/aromatic N) is 2. The first-order valence-corrected chi connectivity index (χ1v) is 11.1. The fourth-order valence-corrected chi connectivity index (χ4v) is 4.24. The Morgan fingerprint density at radius 1 is 0.793 bits per heavy atom. The van der Waals surface area contributed by atoms with E-state index in [4.69, 9.17) is 0 Å². The molecule has 0 aromatic heterocycles. The molecule has 0 bridgehead atoms. The first kappa shape index (κ1) is 19.4. The third-order valence-electron chi connectivity index (χ3n) is 5.24. The van der Waals surface area contributed by atoms with E-state index in [1.807, 2.05) is 47.4 Å². The lowest BCUT2D eigenvalue weighted by Crippen LogP contribution is -2.50. The van der Waals surface area contributed by atoms with Crippen molar-refractivity contribution in [2.45, 2.75) is 4.90 Å². The lowest BCUT2D eigenvalue weighted by atomic mass is 10.1. The summed E-state index contributed by atoms with van der Waals surface area (Å²) in [6.07, 6.45) is 2.10. The highest BCUT2D eigenvalue weighted by Gasteiger charge is 2.22. The second kappa shape index (κ2) is 9.05. The molecule has 0 aliphatic carbocycles. The fourth-order valence-electron chi connectivity index (χ4n) is 3.62. The summed E-state index contributed by atoms with van der Waals surface area (Å²) in [5.41, 5.74) is 4.40. The second-order valence-electron chi connectivity index (χ2n) is 7.02. The summed E-state index contributed by atoms with van der Waals surface area (Å²) in [6.45, 7) is 3.13. The third-order valence-corrected chi connectivity index (χ3v) is 6.02. The van der Waals surface area contributed by atoms with Crippen LogP contribution in [0.15, 0.2) is 83.8 Å². The second-order valence-corrected chi connectivity index (χ2v) is 7.87. The number of carbonyl (C=O) groups is 1. The SMILES string of the molecule is CSc1ccccc1N1CCN(C(=O)Nc2ccc(-c3ccccc3)cc2)CC1. The number of anilines is 2. The molecule has 3 aromatic carbocycles. The minimum absolute atomic E-state index is 0.0322. The van der Waals surface area contributed by atoms with Crippen molar-refractivity contribution in [1.29, 1.82) is 0 Å². The first-order chi connectivity index (χ1) is 14.2. The normalized spacial score (nSPS) is 14.0. The number of nitrogens with one attached hydrogen (secondary N) is 1. The zero-order chi connectivity index (χ0) is 20.1. The van der Waals surface area contributed by atoms with Gasteiger partial charge in [-0.25, -0.2) is 4.79 Å². The van der Waals surface area contributed by atoms with E-state index in [0.29, 0.717) is 0 Å². The molecule has 1 aliphatic heterocycles.